The number of halogens is 1. The largest absolute Gasteiger partial charge is 0.396 e. The van der Waals surface area contributed by atoms with Crippen molar-refractivity contribution in [2.45, 2.75) is 19.4 Å². The van der Waals surface area contributed by atoms with Crippen LogP contribution in [0.3, 0.4) is 0 Å². The van der Waals surface area contributed by atoms with Crippen LogP contribution in [0.5, 0.6) is 0 Å². The van der Waals surface area contributed by atoms with Gasteiger partial charge in [-0.05, 0) is 28.6 Å². The van der Waals surface area contributed by atoms with Crippen molar-refractivity contribution >= 4 is 39.1 Å². The summed E-state index contributed by atoms with van der Waals surface area (Å²) >= 11 is 5.36. The van der Waals surface area contributed by atoms with E-state index in [-0.39, 0.29) is 0 Å². The molecule has 0 aliphatic heterocycles. The van der Waals surface area contributed by atoms with E-state index in [4.69, 9.17) is 5.73 Å². The van der Waals surface area contributed by atoms with Gasteiger partial charge in [0.1, 0.15) is 0 Å². The molecule has 0 saturated carbocycles. The summed E-state index contributed by atoms with van der Waals surface area (Å²) < 4.78 is 0.953. The van der Waals surface area contributed by atoms with Crippen LogP contribution in [0.1, 0.15) is 13.3 Å². The van der Waals surface area contributed by atoms with Crippen molar-refractivity contribution in [2.24, 2.45) is 0 Å². The summed E-state index contributed by atoms with van der Waals surface area (Å²) in [4.78, 5) is 6.29. The lowest BCUT2D eigenvalue weighted by atomic mass is 10.2. The quantitative estimate of drug-likeness (QED) is 0.908. The molecule has 0 bridgehead atoms. The Morgan fingerprint density at radius 3 is 2.75 bits per heavy atom. The van der Waals surface area contributed by atoms with Crippen LogP contribution in [0.25, 0.3) is 0 Å². The summed E-state index contributed by atoms with van der Waals surface area (Å²) in [7, 11) is 2.08. The normalized spacial score (nSPS) is 12.5. The minimum Gasteiger partial charge on any atom is -0.396 e. The zero-order chi connectivity index (χ0) is 12.1. The molecule has 5 heteroatoms. The first-order valence-electron chi connectivity index (χ1n) is 5.22. The molecule has 1 unspecified atom stereocenters. The highest BCUT2D eigenvalue weighted by Gasteiger charge is 2.17. The Morgan fingerprint density at radius 2 is 2.25 bits per heavy atom. The monoisotopic (exact) mass is 303 g/mol. The minimum atomic E-state index is 0.496. The summed E-state index contributed by atoms with van der Waals surface area (Å²) in [6.45, 7) is 2.20. The lowest BCUT2D eigenvalue weighted by Gasteiger charge is -2.30. The Labute approximate surface area is 110 Å². The molecule has 0 aliphatic carbocycles. The molecular formula is C11H18BrN3S. The lowest BCUT2D eigenvalue weighted by molar-refractivity contribution is 0.672. The molecule has 90 valence electrons. The number of nitrogen functional groups attached to an aromatic ring is 1. The van der Waals surface area contributed by atoms with Crippen LogP contribution in [0.15, 0.2) is 16.9 Å². The number of aromatic nitrogens is 1. The highest BCUT2D eigenvalue weighted by Crippen LogP contribution is 2.32. The van der Waals surface area contributed by atoms with Gasteiger partial charge < -0.3 is 10.6 Å². The highest BCUT2D eigenvalue weighted by molar-refractivity contribution is 9.10. The fraction of sp³-hybridized carbons (Fsp3) is 0.545. The third-order valence-corrected chi connectivity index (χ3v) is 3.93. The first kappa shape index (κ1) is 13.6. The van der Waals surface area contributed by atoms with Crippen LogP contribution in [0.4, 0.5) is 11.4 Å². The van der Waals surface area contributed by atoms with Gasteiger partial charge in [-0.3, -0.25) is 4.98 Å². The molecule has 0 aliphatic rings. The molecule has 0 fully saturated rings. The summed E-state index contributed by atoms with van der Waals surface area (Å²) in [5.74, 6) is 1.10. The van der Waals surface area contributed by atoms with E-state index in [9.17, 15) is 0 Å². The highest BCUT2D eigenvalue weighted by atomic mass is 79.9. The van der Waals surface area contributed by atoms with Crippen LogP contribution < -0.4 is 10.6 Å². The number of hydrogen-bond donors (Lipinski definition) is 1. The summed E-state index contributed by atoms with van der Waals surface area (Å²) in [6.07, 6.45) is 6.71. The second kappa shape index (κ2) is 6.35. The van der Waals surface area contributed by atoms with E-state index in [2.05, 4.69) is 46.0 Å². The number of anilines is 2. The second-order valence-electron chi connectivity index (χ2n) is 3.69. The van der Waals surface area contributed by atoms with Crippen molar-refractivity contribution in [3.05, 3.63) is 16.9 Å². The first-order valence-corrected chi connectivity index (χ1v) is 7.41. The van der Waals surface area contributed by atoms with E-state index < -0.39 is 0 Å². The average molecular weight is 304 g/mol. The molecule has 1 aromatic rings. The third kappa shape index (κ3) is 3.04. The van der Waals surface area contributed by atoms with Gasteiger partial charge in [-0.15, -0.1) is 0 Å². The van der Waals surface area contributed by atoms with Crippen LogP contribution in [-0.4, -0.2) is 30.1 Å². The summed E-state index contributed by atoms with van der Waals surface area (Å²) in [5, 5.41) is 0. The molecule has 1 aromatic heterocycles. The molecule has 0 amide bonds. The molecule has 0 spiro atoms. The Balaban J connectivity index is 2.98. The van der Waals surface area contributed by atoms with Crippen LogP contribution in [-0.2, 0) is 0 Å². The molecule has 16 heavy (non-hydrogen) atoms. The van der Waals surface area contributed by atoms with Crippen molar-refractivity contribution in [3.63, 3.8) is 0 Å². The molecule has 1 heterocycles. The number of thioether (sulfide) groups is 1. The molecule has 1 atom stereocenters. The predicted molar refractivity (Wildman–Crippen MR) is 77.2 cm³/mol. The van der Waals surface area contributed by atoms with Gasteiger partial charge in [0, 0.05) is 25.0 Å². The molecule has 0 aromatic carbocycles. The maximum Gasteiger partial charge on any atom is 0.0776 e. The maximum atomic E-state index is 5.97. The van der Waals surface area contributed by atoms with Crippen LogP contribution in [0.2, 0.25) is 0 Å². The first-order chi connectivity index (χ1) is 7.61. The molecule has 2 N–H and O–H groups in total. The van der Waals surface area contributed by atoms with Crippen molar-refractivity contribution in [2.75, 3.05) is 29.7 Å². The van der Waals surface area contributed by atoms with E-state index in [0.29, 0.717) is 6.04 Å². The van der Waals surface area contributed by atoms with Gasteiger partial charge in [-0.2, -0.15) is 11.8 Å². The fourth-order valence-corrected chi connectivity index (χ4v) is 3.16. The van der Waals surface area contributed by atoms with Gasteiger partial charge in [0.25, 0.3) is 0 Å². The number of rotatable bonds is 5. The Morgan fingerprint density at radius 1 is 1.56 bits per heavy atom. The predicted octanol–water partition coefficient (Wildman–Crippen LogP) is 3.00. The summed E-state index contributed by atoms with van der Waals surface area (Å²) in [5.41, 5.74) is 7.73. The molecule has 3 nitrogen and oxygen atoms in total. The van der Waals surface area contributed by atoms with Crippen molar-refractivity contribution in [1.29, 1.82) is 0 Å². The standard InChI is InChI=1S/C11H18BrN3S/c1-4-8(7-16-3)15(2)11-9(12)5-14-6-10(11)13/h5-6,8H,4,7,13H2,1-3H3. The van der Waals surface area contributed by atoms with Gasteiger partial charge >= 0.3 is 0 Å². The summed E-state index contributed by atoms with van der Waals surface area (Å²) in [6, 6.07) is 0.496. The zero-order valence-corrected chi connectivity index (χ0v) is 12.3. The molecule has 1 rings (SSSR count). The molecule has 0 radical (unpaired) electrons. The SMILES string of the molecule is CCC(CSC)N(C)c1c(N)cncc1Br. The van der Waals surface area contributed by atoms with E-state index in [0.717, 1.165) is 28.0 Å². The average Bonchev–Trinajstić information content (AvgIpc) is 2.25. The van der Waals surface area contributed by atoms with Crippen molar-refractivity contribution < 1.29 is 0 Å². The number of hydrogen-bond acceptors (Lipinski definition) is 4. The Kier molecular flexibility index (Phi) is 5.41. The Hall–Kier alpha value is -0.420. The van der Waals surface area contributed by atoms with Crippen LogP contribution >= 0.6 is 27.7 Å². The van der Waals surface area contributed by atoms with Crippen LogP contribution in [0, 0.1) is 0 Å². The topological polar surface area (TPSA) is 42.1 Å². The molecule has 0 saturated heterocycles. The Bertz CT molecular complexity index is 326. The van der Waals surface area contributed by atoms with Gasteiger partial charge in [0.15, 0.2) is 0 Å². The third-order valence-electron chi connectivity index (χ3n) is 2.63. The van der Waals surface area contributed by atoms with E-state index in [1.54, 1.807) is 12.4 Å². The van der Waals surface area contributed by atoms with Gasteiger partial charge in [0.05, 0.1) is 22.0 Å². The fourth-order valence-electron chi connectivity index (χ4n) is 1.69. The maximum absolute atomic E-state index is 5.97. The van der Waals surface area contributed by atoms with E-state index in [1.165, 1.54) is 0 Å². The second-order valence-corrected chi connectivity index (χ2v) is 5.45. The zero-order valence-electron chi connectivity index (χ0n) is 9.90. The number of nitrogens with two attached hydrogens (primary N) is 1. The lowest BCUT2D eigenvalue weighted by Crippen LogP contribution is -2.34. The number of pyridine rings is 1. The number of nitrogens with zero attached hydrogens (tertiary/aromatic N) is 2. The van der Waals surface area contributed by atoms with Gasteiger partial charge in [-0.25, -0.2) is 0 Å². The van der Waals surface area contributed by atoms with E-state index in [1.807, 2.05) is 11.8 Å². The van der Waals surface area contributed by atoms with E-state index >= 15 is 0 Å². The van der Waals surface area contributed by atoms with Crippen molar-refractivity contribution in [1.82, 2.24) is 4.98 Å². The van der Waals surface area contributed by atoms with Gasteiger partial charge in [-0.1, -0.05) is 6.92 Å². The smallest absolute Gasteiger partial charge is 0.0776 e. The van der Waals surface area contributed by atoms with Crippen molar-refractivity contribution in [3.8, 4) is 0 Å². The molecular weight excluding hydrogens is 286 g/mol. The van der Waals surface area contributed by atoms with Gasteiger partial charge in [0.2, 0.25) is 0 Å². The minimum absolute atomic E-state index is 0.496.